The number of aliphatic hydroxyl groups excluding tert-OH is 7. The van der Waals surface area contributed by atoms with E-state index in [4.69, 9.17) is 9.05 Å². The summed E-state index contributed by atoms with van der Waals surface area (Å²) >= 11 is 0. The lowest BCUT2D eigenvalue weighted by Crippen LogP contribution is -2.64. The molecule has 0 radical (unpaired) electrons. The van der Waals surface area contributed by atoms with E-state index in [0.717, 1.165) is 44.9 Å². The summed E-state index contributed by atoms with van der Waals surface area (Å²) < 4.78 is 22.9. The van der Waals surface area contributed by atoms with Crippen LogP contribution in [0.2, 0.25) is 0 Å². The van der Waals surface area contributed by atoms with Crippen molar-refractivity contribution >= 4 is 13.7 Å². The summed E-state index contributed by atoms with van der Waals surface area (Å²) in [5.41, 5.74) is 0. The smallest absolute Gasteiger partial charge is 0.393 e. The van der Waals surface area contributed by atoms with E-state index in [1.807, 2.05) is 0 Å². The van der Waals surface area contributed by atoms with E-state index in [1.165, 1.54) is 160 Å². The highest BCUT2D eigenvalue weighted by atomic mass is 31.2. The maximum atomic E-state index is 13.0. The molecule has 0 heterocycles. The Morgan fingerprint density at radius 3 is 1.30 bits per heavy atom. The number of nitrogens with one attached hydrogen (secondary N) is 1. The number of amides is 1. The molecule has 1 aliphatic carbocycles. The first-order valence-electron chi connectivity index (χ1n) is 25.7. The first kappa shape index (κ1) is 60.1. The molecule has 63 heavy (non-hydrogen) atoms. The van der Waals surface area contributed by atoms with E-state index in [0.29, 0.717) is 12.8 Å². The third kappa shape index (κ3) is 30.9. The number of hydrogen-bond acceptors (Lipinski definition) is 11. The van der Waals surface area contributed by atoms with Gasteiger partial charge >= 0.3 is 7.82 Å². The topological polar surface area (TPSA) is 226 Å². The molecule has 8 atom stereocenters. The lowest BCUT2D eigenvalue weighted by molar-refractivity contribution is -0.220. The van der Waals surface area contributed by atoms with Gasteiger partial charge in [0.05, 0.1) is 31.3 Å². The first-order chi connectivity index (χ1) is 30.3. The molecule has 1 saturated carbocycles. The summed E-state index contributed by atoms with van der Waals surface area (Å²) in [6.45, 7) is 3.77. The van der Waals surface area contributed by atoms with Crippen LogP contribution >= 0.6 is 7.82 Å². The van der Waals surface area contributed by atoms with Crippen molar-refractivity contribution in [1.82, 2.24) is 5.32 Å². The van der Waals surface area contributed by atoms with Crippen LogP contribution in [-0.4, -0.2) is 108 Å². The molecule has 0 aromatic heterocycles. The third-order valence-corrected chi connectivity index (χ3v) is 13.6. The van der Waals surface area contributed by atoms with Crippen molar-refractivity contribution in [3.63, 3.8) is 0 Å². The summed E-state index contributed by atoms with van der Waals surface area (Å²) in [6, 6.07) is -1.24. The zero-order valence-electron chi connectivity index (χ0n) is 39.8. The minimum Gasteiger partial charge on any atom is -0.393 e. The monoisotopic (exact) mass is 922 g/mol. The van der Waals surface area contributed by atoms with Gasteiger partial charge in [-0.1, -0.05) is 219 Å². The Hall–Kier alpha value is -0.960. The van der Waals surface area contributed by atoms with E-state index in [9.17, 15) is 50.0 Å². The van der Waals surface area contributed by atoms with E-state index in [2.05, 4.69) is 19.2 Å². The standard InChI is InChI=1S/C49H96NO12P/c1-3-5-7-9-11-13-15-17-19-20-21-23-25-27-29-31-33-35-37-42(52)41(39-61-63(59,60)62-49-47(57)45(55)44(54)46(56)48(49)58)50-43(53)38-40(51)36-34-32-30-28-26-24-22-18-16-14-12-10-8-6-4-2/h35,37,40-42,44-49,51-52,54-58H,3-34,36,38-39H2,1-2H3,(H,50,53)(H,59,60)/b37-35+. The normalized spacial score (nSPS) is 22.9. The van der Waals surface area contributed by atoms with Crippen LogP contribution in [-0.2, 0) is 18.4 Å². The molecule has 0 aromatic carbocycles. The van der Waals surface area contributed by atoms with Crippen LogP contribution in [0.5, 0.6) is 0 Å². The summed E-state index contributed by atoms with van der Waals surface area (Å²) in [6.07, 6.45) is 28.6. The lowest BCUT2D eigenvalue weighted by atomic mass is 9.85. The van der Waals surface area contributed by atoms with Crippen molar-refractivity contribution in [2.45, 2.75) is 287 Å². The van der Waals surface area contributed by atoms with Crippen LogP contribution in [0, 0.1) is 0 Å². The van der Waals surface area contributed by atoms with Gasteiger partial charge in [0.25, 0.3) is 0 Å². The Labute approximate surface area is 382 Å². The molecule has 0 spiro atoms. The zero-order chi connectivity index (χ0) is 46.6. The van der Waals surface area contributed by atoms with Gasteiger partial charge in [-0.25, -0.2) is 4.57 Å². The van der Waals surface area contributed by atoms with Crippen LogP contribution in [0.4, 0.5) is 0 Å². The van der Waals surface area contributed by atoms with Gasteiger partial charge in [0.1, 0.15) is 36.6 Å². The van der Waals surface area contributed by atoms with Crippen molar-refractivity contribution in [2.24, 2.45) is 0 Å². The van der Waals surface area contributed by atoms with Crippen molar-refractivity contribution < 1.29 is 59.0 Å². The number of carbonyl (C=O) groups is 1. The SMILES string of the molecule is CCCCCCCCCCCCCCCCCC/C=C/C(O)C(COP(=O)(O)OC1C(O)C(O)C(O)C(O)C1O)NC(=O)CC(O)CCCCCCCCCCCCCCCCC. The fourth-order valence-electron chi connectivity index (χ4n) is 8.42. The number of unbranched alkanes of at least 4 members (excludes halogenated alkanes) is 30. The third-order valence-electron chi connectivity index (χ3n) is 12.6. The molecule has 1 aliphatic rings. The van der Waals surface area contributed by atoms with Crippen molar-refractivity contribution in [3.05, 3.63) is 12.2 Å². The average Bonchev–Trinajstić information content (AvgIpc) is 3.26. The van der Waals surface area contributed by atoms with Gasteiger partial charge in [0.2, 0.25) is 5.91 Å². The number of allylic oxidation sites excluding steroid dienone is 1. The number of carbonyl (C=O) groups excluding carboxylic acids is 1. The molecule has 1 rings (SSSR count). The Balaban J connectivity index is 2.49. The van der Waals surface area contributed by atoms with Gasteiger partial charge in [-0.3, -0.25) is 13.8 Å². The second-order valence-corrected chi connectivity index (χ2v) is 20.0. The van der Waals surface area contributed by atoms with E-state index in [1.54, 1.807) is 6.08 Å². The highest BCUT2D eigenvalue weighted by Gasteiger charge is 2.51. The predicted molar refractivity (Wildman–Crippen MR) is 252 cm³/mol. The van der Waals surface area contributed by atoms with Crippen molar-refractivity contribution in [1.29, 1.82) is 0 Å². The number of phosphoric ester groups is 1. The summed E-state index contributed by atoms with van der Waals surface area (Å²) in [4.78, 5) is 23.5. The molecule has 9 N–H and O–H groups in total. The quantitative estimate of drug-likeness (QED) is 0.0158. The maximum absolute atomic E-state index is 13.0. The number of phosphoric acid groups is 1. The minimum atomic E-state index is -5.14. The summed E-state index contributed by atoms with van der Waals surface area (Å²) in [5.74, 6) is -0.589. The molecule has 374 valence electrons. The zero-order valence-corrected chi connectivity index (χ0v) is 40.7. The van der Waals surface area contributed by atoms with Gasteiger partial charge < -0.3 is 46.0 Å². The molecule has 13 nitrogen and oxygen atoms in total. The lowest BCUT2D eigenvalue weighted by Gasteiger charge is -2.41. The van der Waals surface area contributed by atoms with Crippen LogP contribution in [0.3, 0.4) is 0 Å². The Morgan fingerprint density at radius 1 is 0.556 bits per heavy atom. The highest BCUT2D eigenvalue weighted by molar-refractivity contribution is 7.47. The van der Waals surface area contributed by atoms with E-state index < -0.39 is 75.2 Å². The summed E-state index contributed by atoms with van der Waals surface area (Å²) in [7, 11) is -5.14. The number of rotatable bonds is 43. The van der Waals surface area contributed by atoms with Crippen molar-refractivity contribution in [2.75, 3.05) is 6.61 Å². The fourth-order valence-corrected chi connectivity index (χ4v) is 9.39. The van der Waals surface area contributed by atoms with E-state index in [-0.39, 0.29) is 6.42 Å². The average molecular weight is 922 g/mol. The molecule has 0 bridgehead atoms. The predicted octanol–water partition coefficient (Wildman–Crippen LogP) is 9.37. The molecule has 0 aromatic rings. The fraction of sp³-hybridized carbons (Fsp3) is 0.939. The Bertz CT molecular complexity index is 1130. The second-order valence-electron chi connectivity index (χ2n) is 18.6. The molecular weight excluding hydrogens is 826 g/mol. The Kier molecular flexibility index (Phi) is 37.3. The number of hydrogen-bond donors (Lipinski definition) is 9. The summed E-state index contributed by atoms with van der Waals surface area (Å²) in [5, 5.41) is 74.6. The highest BCUT2D eigenvalue weighted by Crippen LogP contribution is 2.47. The second kappa shape index (κ2) is 39.1. The largest absolute Gasteiger partial charge is 0.472 e. The minimum absolute atomic E-state index is 0.240. The van der Waals surface area contributed by atoms with Crippen LogP contribution in [0.15, 0.2) is 12.2 Å². The molecular formula is C49H96NO12P. The molecule has 8 unspecified atom stereocenters. The van der Waals surface area contributed by atoms with Gasteiger partial charge in [-0.15, -0.1) is 0 Å². The Morgan fingerprint density at radius 2 is 0.905 bits per heavy atom. The van der Waals surface area contributed by atoms with Gasteiger partial charge in [0.15, 0.2) is 0 Å². The van der Waals surface area contributed by atoms with Gasteiger partial charge in [0, 0.05) is 0 Å². The molecule has 1 amide bonds. The number of aliphatic hydroxyl groups is 7. The molecule has 1 fully saturated rings. The first-order valence-corrected chi connectivity index (χ1v) is 27.2. The van der Waals surface area contributed by atoms with Crippen LogP contribution in [0.25, 0.3) is 0 Å². The van der Waals surface area contributed by atoms with Crippen LogP contribution < -0.4 is 5.32 Å². The molecule has 0 aliphatic heterocycles. The molecule has 14 heteroatoms. The van der Waals surface area contributed by atoms with E-state index >= 15 is 0 Å². The van der Waals surface area contributed by atoms with Crippen molar-refractivity contribution in [3.8, 4) is 0 Å². The van der Waals surface area contributed by atoms with Gasteiger partial charge in [-0.2, -0.15) is 0 Å². The van der Waals surface area contributed by atoms with Gasteiger partial charge in [-0.05, 0) is 19.3 Å². The molecule has 0 saturated heterocycles. The maximum Gasteiger partial charge on any atom is 0.472 e. The van der Waals surface area contributed by atoms with Crippen LogP contribution in [0.1, 0.15) is 232 Å².